The summed E-state index contributed by atoms with van der Waals surface area (Å²) in [6, 6.07) is 0. The van der Waals surface area contributed by atoms with Gasteiger partial charge in [-0.1, -0.05) is 0 Å². The molecule has 0 aliphatic carbocycles. The van der Waals surface area contributed by atoms with Crippen LogP contribution in [-0.2, 0) is 14.3 Å². The molecule has 4 nitrogen and oxygen atoms in total. The summed E-state index contributed by atoms with van der Waals surface area (Å²) in [5.41, 5.74) is 0.974. The third-order valence-corrected chi connectivity index (χ3v) is 3.78. The fraction of sp³-hybridized carbons (Fsp3) is 0.556. The Kier molecular flexibility index (Phi) is 2.93. The molecule has 6 heteroatoms. The zero-order valence-corrected chi connectivity index (χ0v) is 9.73. The molecule has 0 spiro atoms. The molecule has 1 atom stereocenters. The molecule has 1 saturated heterocycles. The zero-order valence-electron chi connectivity index (χ0n) is 8.16. The summed E-state index contributed by atoms with van der Waals surface area (Å²) in [6.07, 6.45) is 0.555. The molecule has 0 aromatic rings. The zero-order chi connectivity index (χ0) is 11.0. The Morgan fingerprint density at radius 1 is 1.73 bits per heavy atom. The van der Waals surface area contributed by atoms with E-state index in [1.54, 1.807) is 16.7 Å². The Hall–Kier alpha value is -0.680. The SMILES string of the molecule is CC1=C(OCC(=O)Cl)N2C(=O)C[C@H]2SC1. The third kappa shape index (κ3) is 1.99. The molecule has 0 bridgehead atoms. The van der Waals surface area contributed by atoms with Gasteiger partial charge in [-0.2, -0.15) is 0 Å². The van der Waals surface area contributed by atoms with Crippen LogP contribution in [0.3, 0.4) is 0 Å². The number of carbonyl (C=O) groups excluding carboxylic acids is 2. The van der Waals surface area contributed by atoms with Crippen LogP contribution in [0.1, 0.15) is 13.3 Å². The lowest BCUT2D eigenvalue weighted by atomic mass is 10.2. The van der Waals surface area contributed by atoms with Crippen LogP contribution < -0.4 is 0 Å². The van der Waals surface area contributed by atoms with Crippen LogP contribution in [0.5, 0.6) is 0 Å². The first-order valence-corrected chi connectivity index (χ1v) is 5.97. The highest BCUT2D eigenvalue weighted by atomic mass is 35.5. The maximum atomic E-state index is 11.3. The Labute approximate surface area is 96.6 Å². The molecule has 0 aromatic carbocycles. The standard InChI is InChI=1S/C9H10ClNO3S/c1-5-4-15-8-2-7(13)11(8)9(5)14-3-6(10)12/h8H,2-4H2,1H3/t8-/m1/s1. The van der Waals surface area contributed by atoms with E-state index in [1.807, 2.05) is 6.92 Å². The number of halogens is 1. The minimum atomic E-state index is -0.557. The number of fused-ring (bicyclic) bond motifs is 1. The number of carbonyl (C=O) groups is 2. The summed E-state index contributed by atoms with van der Waals surface area (Å²) in [5.74, 6) is 1.40. The molecule has 0 aromatic heterocycles. The van der Waals surface area contributed by atoms with Crippen LogP contribution in [0.2, 0.25) is 0 Å². The van der Waals surface area contributed by atoms with Crippen molar-refractivity contribution in [1.82, 2.24) is 4.90 Å². The van der Waals surface area contributed by atoms with E-state index in [1.165, 1.54) is 0 Å². The van der Waals surface area contributed by atoms with Crippen molar-refractivity contribution in [1.29, 1.82) is 0 Å². The van der Waals surface area contributed by atoms with Crippen LogP contribution >= 0.6 is 23.4 Å². The Bertz CT molecular complexity index is 355. The maximum Gasteiger partial charge on any atom is 0.259 e. The molecule has 2 heterocycles. The Morgan fingerprint density at radius 2 is 2.47 bits per heavy atom. The number of amides is 1. The molecule has 15 heavy (non-hydrogen) atoms. The van der Waals surface area contributed by atoms with Gasteiger partial charge in [0.25, 0.3) is 5.24 Å². The number of hydrogen-bond acceptors (Lipinski definition) is 4. The first kappa shape index (κ1) is 10.8. The van der Waals surface area contributed by atoms with E-state index in [-0.39, 0.29) is 17.9 Å². The summed E-state index contributed by atoms with van der Waals surface area (Å²) in [7, 11) is 0. The monoisotopic (exact) mass is 247 g/mol. The van der Waals surface area contributed by atoms with Gasteiger partial charge in [-0.3, -0.25) is 14.5 Å². The van der Waals surface area contributed by atoms with Crippen molar-refractivity contribution >= 4 is 34.5 Å². The quantitative estimate of drug-likeness (QED) is 0.557. The van der Waals surface area contributed by atoms with Gasteiger partial charge in [0.15, 0.2) is 12.5 Å². The molecule has 0 saturated carbocycles. The van der Waals surface area contributed by atoms with E-state index in [9.17, 15) is 9.59 Å². The highest BCUT2D eigenvalue weighted by Crippen LogP contribution is 2.39. The van der Waals surface area contributed by atoms with Crippen LogP contribution in [0.25, 0.3) is 0 Å². The second-order valence-electron chi connectivity index (χ2n) is 3.46. The van der Waals surface area contributed by atoms with E-state index < -0.39 is 5.24 Å². The fourth-order valence-electron chi connectivity index (χ4n) is 1.57. The van der Waals surface area contributed by atoms with E-state index in [4.69, 9.17) is 16.3 Å². The van der Waals surface area contributed by atoms with E-state index >= 15 is 0 Å². The highest BCUT2D eigenvalue weighted by Gasteiger charge is 2.43. The minimum Gasteiger partial charge on any atom is -0.469 e. The fourth-order valence-corrected chi connectivity index (χ4v) is 2.81. The summed E-state index contributed by atoms with van der Waals surface area (Å²) in [6.45, 7) is 1.71. The van der Waals surface area contributed by atoms with Crippen LogP contribution in [0.15, 0.2) is 11.5 Å². The summed E-state index contributed by atoms with van der Waals surface area (Å²) >= 11 is 6.90. The minimum absolute atomic E-state index is 0.0450. The average molecular weight is 248 g/mol. The number of rotatable bonds is 3. The lowest BCUT2D eigenvalue weighted by Gasteiger charge is -2.43. The topological polar surface area (TPSA) is 46.6 Å². The lowest BCUT2D eigenvalue weighted by Crippen LogP contribution is -2.52. The Balaban J connectivity index is 2.11. The van der Waals surface area contributed by atoms with Gasteiger partial charge in [0, 0.05) is 5.75 Å². The van der Waals surface area contributed by atoms with Gasteiger partial charge in [0.2, 0.25) is 5.91 Å². The molecule has 0 N–H and O–H groups in total. The number of hydrogen-bond donors (Lipinski definition) is 0. The molecular formula is C9H10ClNO3S. The van der Waals surface area contributed by atoms with Gasteiger partial charge < -0.3 is 4.74 Å². The first-order chi connectivity index (χ1) is 7.09. The van der Waals surface area contributed by atoms with Gasteiger partial charge in [0.1, 0.15) is 0 Å². The maximum absolute atomic E-state index is 11.3. The van der Waals surface area contributed by atoms with Crippen molar-refractivity contribution in [3.63, 3.8) is 0 Å². The third-order valence-electron chi connectivity index (χ3n) is 2.30. The normalized spacial score (nSPS) is 24.8. The second kappa shape index (κ2) is 4.06. The molecule has 0 radical (unpaired) electrons. The van der Waals surface area contributed by atoms with Gasteiger partial charge in [-0.05, 0) is 24.1 Å². The smallest absolute Gasteiger partial charge is 0.259 e. The molecule has 2 aliphatic heterocycles. The van der Waals surface area contributed by atoms with Crippen LogP contribution in [-0.4, -0.2) is 33.8 Å². The highest BCUT2D eigenvalue weighted by molar-refractivity contribution is 8.00. The molecule has 1 amide bonds. The molecule has 2 aliphatic rings. The number of ether oxygens (including phenoxy) is 1. The second-order valence-corrected chi connectivity index (χ2v) is 5.05. The predicted octanol–water partition coefficient (Wildman–Crippen LogP) is 1.31. The molecule has 1 fully saturated rings. The number of thioether (sulfide) groups is 1. The van der Waals surface area contributed by atoms with Crippen molar-refractivity contribution in [2.75, 3.05) is 12.4 Å². The molecule has 82 valence electrons. The van der Waals surface area contributed by atoms with Gasteiger partial charge >= 0.3 is 0 Å². The van der Waals surface area contributed by atoms with Gasteiger partial charge in [-0.25, -0.2) is 0 Å². The molecular weight excluding hydrogens is 238 g/mol. The first-order valence-electron chi connectivity index (χ1n) is 4.54. The summed E-state index contributed by atoms with van der Waals surface area (Å²) in [4.78, 5) is 23.5. The number of nitrogens with zero attached hydrogens (tertiary/aromatic N) is 1. The van der Waals surface area contributed by atoms with E-state index in [0.717, 1.165) is 11.3 Å². The molecule has 0 unspecified atom stereocenters. The number of β-lactam (4-membered cyclic amide) rings is 1. The van der Waals surface area contributed by atoms with E-state index in [2.05, 4.69) is 0 Å². The summed E-state index contributed by atoms with van der Waals surface area (Å²) in [5, 5.41) is -0.375. The van der Waals surface area contributed by atoms with Crippen molar-refractivity contribution in [3.05, 3.63) is 11.5 Å². The lowest BCUT2D eigenvalue weighted by molar-refractivity contribution is -0.143. The van der Waals surface area contributed by atoms with Crippen molar-refractivity contribution in [3.8, 4) is 0 Å². The van der Waals surface area contributed by atoms with Gasteiger partial charge in [0.05, 0.1) is 11.8 Å². The van der Waals surface area contributed by atoms with Crippen LogP contribution in [0, 0.1) is 0 Å². The van der Waals surface area contributed by atoms with Crippen LogP contribution in [0.4, 0.5) is 0 Å². The molecule has 2 rings (SSSR count). The van der Waals surface area contributed by atoms with E-state index in [0.29, 0.717) is 12.3 Å². The predicted molar refractivity (Wildman–Crippen MR) is 57.2 cm³/mol. The largest absolute Gasteiger partial charge is 0.469 e. The summed E-state index contributed by atoms with van der Waals surface area (Å²) < 4.78 is 5.25. The van der Waals surface area contributed by atoms with Crippen molar-refractivity contribution in [2.45, 2.75) is 18.7 Å². The van der Waals surface area contributed by atoms with Gasteiger partial charge in [-0.15, -0.1) is 11.8 Å². The average Bonchev–Trinajstić information content (AvgIpc) is 2.16. The van der Waals surface area contributed by atoms with Crippen molar-refractivity contribution < 1.29 is 14.3 Å². The Morgan fingerprint density at radius 3 is 3.07 bits per heavy atom. The van der Waals surface area contributed by atoms with Crippen molar-refractivity contribution in [2.24, 2.45) is 0 Å².